The molecule has 0 atom stereocenters. The zero-order valence-corrected chi connectivity index (χ0v) is 23.6. The van der Waals surface area contributed by atoms with Crippen LogP contribution >= 0.6 is 0 Å². The van der Waals surface area contributed by atoms with Gasteiger partial charge in [0.05, 0.1) is 22.2 Å². The predicted octanol–water partition coefficient (Wildman–Crippen LogP) is 8.65. The number of nitrogens with zero attached hydrogens (tertiary/aromatic N) is 1. The van der Waals surface area contributed by atoms with Crippen LogP contribution in [0.4, 0.5) is 0 Å². The standard InChI is InChI=1S/C36H30BNO3/c1-35(2)36(3,4)41-37(40-35)25-16-18-32-29(22-25)28-20-23(14-17-31(28)38(32)26-10-6-5-7-11-26)24-15-19-34-30(21-24)27-12-8-9-13-33(27)39-34/h5-22H,1-4H3. The normalized spacial score (nSPS) is 16.4. The minimum Gasteiger partial charge on any atom is -0.456 e. The molecule has 0 saturated carbocycles. The largest absolute Gasteiger partial charge is 0.494 e. The third-order valence-electron chi connectivity index (χ3n) is 9.04. The Kier molecular flexibility index (Phi) is 5.13. The van der Waals surface area contributed by atoms with Gasteiger partial charge in [0.2, 0.25) is 0 Å². The quantitative estimate of drug-likeness (QED) is 0.213. The Morgan fingerprint density at radius 3 is 1.88 bits per heavy atom. The number of fused-ring (bicyclic) bond motifs is 6. The maximum absolute atomic E-state index is 6.43. The lowest BCUT2D eigenvalue weighted by Gasteiger charge is -2.32. The summed E-state index contributed by atoms with van der Waals surface area (Å²) < 4.78 is 21.3. The lowest BCUT2D eigenvalue weighted by Crippen LogP contribution is -2.41. The Hall–Kier alpha value is -4.32. The van der Waals surface area contributed by atoms with Gasteiger partial charge in [-0.15, -0.1) is 0 Å². The Morgan fingerprint density at radius 2 is 1.12 bits per heavy atom. The van der Waals surface area contributed by atoms with Gasteiger partial charge in [0.1, 0.15) is 11.2 Å². The molecule has 41 heavy (non-hydrogen) atoms. The Labute approximate surface area is 239 Å². The molecule has 0 amide bonds. The van der Waals surface area contributed by atoms with Crippen LogP contribution in [0.5, 0.6) is 0 Å². The van der Waals surface area contributed by atoms with E-state index in [0.29, 0.717) is 0 Å². The average Bonchev–Trinajstić information content (AvgIpc) is 3.58. The van der Waals surface area contributed by atoms with Gasteiger partial charge in [-0.25, -0.2) is 0 Å². The van der Waals surface area contributed by atoms with E-state index in [9.17, 15) is 0 Å². The summed E-state index contributed by atoms with van der Waals surface area (Å²) in [6.07, 6.45) is 0. The molecule has 0 spiro atoms. The number of furan rings is 1. The number of rotatable bonds is 3. The first-order valence-electron chi connectivity index (χ1n) is 14.2. The van der Waals surface area contributed by atoms with Crippen molar-refractivity contribution in [2.75, 3.05) is 0 Å². The molecule has 1 saturated heterocycles. The third kappa shape index (κ3) is 3.69. The molecule has 5 aromatic carbocycles. The van der Waals surface area contributed by atoms with Crippen LogP contribution < -0.4 is 5.46 Å². The molecule has 3 heterocycles. The molecule has 0 bridgehead atoms. The number of para-hydroxylation sites is 2. The van der Waals surface area contributed by atoms with E-state index >= 15 is 0 Å². The first kappa shape index (κ1) is 24.5. The summed E-state index contributed by atoms with van der Waals surface area (Å²) in [6.45, 7) is 8.39. The van der Waals surface area contributed by atoms with E-state index < -0.39 is 18.3 Å². The fraction of sp³-hybridized carbons (Fsp3) is 0.167. The second kappa shape index (κ2) is 8.59. The van der Waals surface area contributed by atoms with Crippen molar-refractivity contribution in [2.45, 2.75) is 38.9 Å². The van der Waals surface area contributed by atoms with Gasteiger partial charge < -0.3 is 18.3 Å². The molecule has 0 aliphatic carbocycles. The highest BCUT2D eigenvalue weighted by Crippen LogP contribution is 2.39. The second-order valence-electron chi connectivity index (χ2n) is 12.1. The van der Waals surface area contributed by atoms with E-state index in [4.69, 9.17) is 13.7 Å². The Bertz CT molecular complexity index is 2100. The molecule has 1 aliphatic heterocycles. The fourth-order valence-corrected chi connectivity index (χ4v) is 6.11. The summed E-state index contributed by atoms with van der Waals surface area (Å²) in [5.74, 6) is 0. The third-order valence-corrected chi connectivity index (χ3v) is 9.04. The molecule has 0 N–H and O–H groups in total. The van der Waals surface area contributed by atoms with E-state index in [1.54, 1.807) is 0 Å². The second-order valence-corrected chi connectivity index (χ2v) is 12.1. The summed E-state index contributed by atoms with van der Waals surface area (Å²) in [5.41, 5.74) is 7.83. The van der Waals surface area contributed by atoms with E-state index in [-0.39, 0.29) is 0 Å². The number of hydrogen-bond donors (Lipinski definition) is 0. The minimum atomic E-state index is -0.417. The molecule has 1 fully saturated rings. The topological polar surface area (TPSA) is 36.5 Å². The summed E-state index contributed by atoms with van der Waals surface area (Å²) in [6, 6.07) is 38.6. The molecule has 0 unspecified atom stereocenters. The van der Waals surface area contributed by atoms with Crippen LogP contribution in [0.15, 0.2) is 114 Å². The van der Waals surface area contributed by atoms with Crippen molar-refractivity contribution in [3.63, 3.8) is 0 Å². The van der Waals surface area contributed by atoms with E-state index in [1.807, 2.05) is 12.1 Å². The molecule has 0 radical (unpaired) electrons. The lowest BCUT2D eigenvalue weighted by molar-refractivity contribution is 0.00578. The monoisotopic (exact) mass is 535 g/mol. The zero-order chi connectivity index (χ0) is 27.9. The molecular formula is C36H30BNO3. The highest BCUT2D eigenvalue weighted by molar-refractivity contribution is 6.62. The fourth-order valence-electron chi connectivity index (χ4n) is 6.11. The Balaban J connectivity index is 1.34. The molecule has 2 aromatic heterocycles. The first-order chi connectivity index (χ1) is 19.8. The van der Waals surface area contributed by atoms with Gasteiger partial charge in [-0.2, -0.15) is 0 Å². The highest BCUT2D eigenvalue weighted by Gasteiger charge is 2.51. The minimum absolute atomic E-state index is 0.395. The average molecular weight is 535 g/mol. The summed E-state index contributed by atoms with van der Waals surface area (Å²) in [7, 11) is -0.417. The number of aromatic nitrogens is 1. The van der Waals surface area contributed by atoms with Crippen LogP contribution in [-0.2, 0) is 9.31 Å². The maximum Gasteiger partial charge on any atom is 0.494 e. The van der Waals surface area contributed by atoms with Crippen LogP contribution in [-0.4, -0.2) is 22.9 Å². The van der Waals surface area contributed by atoms with Crippen LogP contribution in [0.1, 0.15) is 27.7 Å². The van der Waals surface area contributed by atoms with Gasteiger partial charge >= 0.3 is 7.12 Å². The molecule has 5 heteroatoms. The van der Waals surface area contributed by atoms with Crippen molar-refractivity contribution < 1.29 is 13.7 Å². The number of benzene rings is 5. The smallest absolute Gasteiger partial charge is 0.456 e. The van der Waals surface area contributed by atoms with Crippen molar-refractivity contribution in [3.05, 3.63) is 109 Å². The van der Waals surface area contributed by atoms with Gasteiger partial charge in [0.25, 0.3) is 0 Å². The van der Waals surface area contributed by atoms with Crippen LogP contribution in [0.2, 0.25) is 0 Å². The molecular weight excluding hydrogens is 505 g/mol. The zero-order valence-electron chi connectivity index (χ0n) is 23.6. The summed E-state index contributed by atoms with van der Waals surface area (Å²) >= 11 is 0. The molecule has 4 nitrogen and oxygen atoms in total. The first-order valence-corrected chi connectivity index (χ1v) is 14.2. The van der Waals surface area contributed by atoms with Gasteiger partial charge in [0.15, 0.2) is 0 Å². The van der Waals surface area contributed by atoms with Crippen LogP contribution in [0.3, 0.4) is 0 Å². The Morgan fingerprint density at radius 1 is 0.537 bits per heavy atom. The van der Waals surface area contributed by atoms with E-state index in [1.165, 1.54) is 10.8 Å². The molecule has 8 rings (SSSR count). The SMILES string of the molecule is CC1(C)OB(c2ccc3c(c2)c2cc(-c4ccc5oc6ccccc6c5c4)ccc2n3-c2ccccc2)OC1(C)C. The van der Waals surface area contributed by atoms with Crippen molar-refractivity contribution in [2.24, 2.45) is 0 Å². The van der Waals surface area contributed by atoms with Gasteiger partial charge in [-0.05, 0) is 92.8 Å². The predicted molar refractivity (Wildman–Crippen MR) is 169 cm³/mol. The maximum atomic E-state index is 6.43. The van der Waals surface area contributed by atoms with Crippen molar-refractivity contribution >= 4 is 56.3 Å². The van der Waals surface area contributed by atoms with Crippen molar-refractivity contribution in [1.82, 2.24) is 4.57 Å². The van der Waals surface area contributed by atoms with Crippen molar-refractivity contribution in [3.8, 4) is 16.8 Å². The van der Waals surface area contributed by atoms with Crippen LogP contribution in [0.25, 0.3) is 60.6 Å². The van der Waals surface area contributed by atoms with E-state index in [2.05, 4.69) is 129 Å². The van der Waals surface area contributed by atoms with Gasteiger partial charge in [0, 0.05) is 27.2 Å². The van der Waals surface area contributed by atoms with Gasteiger partial charge in [-0.3, -0.25) is 0 Å². The lowest BCUT2D eigenvalue weighted by atomic mass is 9.78. The highest BCUT2D eigenvalue weighted by atomic mass is 16.7. The molecule has 200 valence electrons. The summed E-state index contributed by atoms with van der Waals surface area (Å²) in [4.78, 5) is 0. The van der Waals surface area contributed by atoms with Gasteiger partial charge in [-0.1, -0.05) is 60.7 Å². The molecule has 1 aliphatic rings. The number of hydrogen-bond acceptors (Lipinski definition) is 3. The van der Waals surface area contributed by atoms with Crippen molar-refractivity contribution in [1.29, 1.82) is 0 Å². The van der Waals surface area contributed by atoms with E-state index in [0.717, 1.165) is 55.2 Å². The summed E-state index contributed by atoms with van der Waals surface area (Å²) in [5, 5.41) is 4.63. The van der Waals surface area contributed by atoms with Crippen LogP contribution in [0, 0.1) is 0 Å². The molecule has 7 aromatic rings.